The summed E-state index contributed by atoms with van der Waals surface area (Å²) in [6.07, 6.45) is 2.27. The Labute approximate surface area is 114 Å². The third-order valence-corrected chi connectivity index (χ3v) is 3.69. The van der Waals surface area contributed by atoms with E-state index < -0.39 is 6.10 Å². The van der Waals surface area contributed by atoms with E-state index in [9.17, 15) is 9.90 Å². The number of amides is 1. The maximum Gasteiger partial charge on any atom is 0.410 e. The Morgan fingerprint density at radius 2 is 2.32 bits per heavy atom. The number of carbonyl (C=O) groups is 1. The van der Waals surface area contributed by atoms with Crippen LogP contribution in [0.4, 0.5) is 4.79 Å². The van der Waals surface area contributed by atoms with E-state index in [2.05, 4.69) is 11.0 Å². The van der Waals surface area contributed by atoms with Gasteiger partial charge in [-0.2, -0.15) is 0 Å². The zero-order chi connectivity index (χ0) is 14.0. The standard InChI is InChI=1S/C14H24N2O3/c1-10(2)9-19-14(18)16-7-11-5-4-6-15(3)13(11)12(17)8-16/h5,10,12-13,17H,4,6-9H2,1-3H3. The summed E-state index contributed by atoms with van der Waals surface area (Å²) in [7, 11) is 2.02. The second-order valence-corrected chi connectivity index (χ2v) is 5.91. The normalized spacial score (nSPS) is 28.1. The van der Waals surface area contributed by atoms with Crippen LogP contribution < -0.4 is 0 Å². The smallest absolute Gasteiger partial charge is 0.410 e. The average Bonchev–Trinajstić information content (AvgIpc) is 2.35. The largest absolute Gasteiger partial charge is 0.449 e. The summed E-state index contributed by atoms with van der Waals surface area (Å²) < 4.78 is 5.23. The zero-order valence-corrected chi connectivity index (χ0v) is 12.0. The maximum absolute atomic E-state index is 12.0. The fraction of sp³-hybridized carbons (Fsp3) is 0.786. The molecule has 2 unspecified atom stereocenters. The van der Waals surface area contributed by atoms with Gasteiger partial charge < -0.3 is 14.7 Å². The zero-order valence-electron chi connectivity index (χ0n) is 12.0. The van der Waals surface area contributed by atoms with Crippen LogP contribution in [0.2, 0.25) is 0 Å². The van der Waals surface area contributed by atoms with E-state index in [4.69, 9.17) is 4.74 Å². The van der Waals surface area contributed by atoms with Crippen molar-refractivity contribution in [1.29, 1.82) is 0 Å². The number of aliphatic hydroxyl groups is 1. The lowest BCUT2D eigenvalue weighted by atomic mass is 9.91. The van der Waals surface area contributed by atoms with E-state index in [1.165, 1.54) is 0 Å². The number of hydrogen-bond acceptors (Lipinski definition) is 4. The van der Waals surface area contributed by atoms with Crippen LogP contribution in [0.25, 0.3) is 0 Å². The molecule has 1 saturated heterocycles. The first-order valence-electron chi connectivity index (χ1n) is 6.98. The minimum Gasteiger partial charge on any atom is -0.449 e. The summed E-state index contributed by atoms with van der Waals surface area (Å²) in [5, 5.41) is 10.2. The first kappa shape index (κ1) is 14.3. The van der Waals surface area contributed by atoms with Gasteiger partial charge >= 0.3 is 6.09 Å². The molecular formula is C14H24N2O3. The van der Waals surface area contributed by atoms with Crippen molar-refractivity contribution in [3.63, 3.8) is 0 Å². The number of nitrogens with zero attached hydrogens (tertiary/aromatic N) is 2. The fourth-order valence-electron chi connectivity index (χ4n) is 2.77. The molecule has 5 nitrogen and oxygen atoms in total. The van der Waals surface area contributed by atoms with Gasteiger partial charge in [0.05, 0.1) is 25.3 Å². The van der Waals surface area contributed by atoms with Gasteiger partial charge in [-0.25, -0.2) is 4.79 Å². The van der Waals surface area contributed by atoms with E-state index >= 15 is 0 Å². The van der Waals surface area contributed by atoms with Gasteiger partial charge in [-0.1, -0.05) is 19.9 Å². The van der Waals surface area contributed by atoms with Crippen molar-refractivity contribution in [2.45, 2.75) is 32.4 Å². The Kier molecular flexibility index (Phi) is 4.47. The van der Waals surface area contributed by atoms with Crippen molar-refractivity contribution in [3.05, 3.63) is 11.6 Å². The van der Waals surface area contributed by atoms with Gasteiger partial charge in [0.25, 0.3) is 0 Å². The first-order valence-corrected chi connectivity index (χ1v) is 6.98. The molecule has 0 aromatic heterocycles. The summed E-state index contributed by atoms with van der Waals surface area (Å²) in [5.74, 6) is 0.325. The highest BCUT2D eigenvalue weighted by Gasteiger charge is 2.37. The number of β-amino-alcohol motifs (C(OH)–C–C–N with tert-alkyl or cyclic N) is 1. The third-order valence-electron chi connectivity index (χ3n) is 3.69. The maximum atomic E-state index is 12.0. The molecule has 0 radical (unpaired) electrons. The van der Waals surface area contributed by atoms with Crippen LogP contribution in [0.15, 0.2) is 11.6 Å². The lowest BCUT2D eigenvalue weighted by Gasteiger charge is -2.43. The summed E-state index contributed by atoms with van der Waals surface area (Å²) in [6, 6.07) is 0.0582. The molecule has 2 aliphatic heterocycles. The second-order valence-electron chi connectivity index (χ2n) is 5.91. The lowest BCUT2D eigenvalue weighted by molar-refractivity contribution is 0.0146. The predicted molar refractivity (Wildman–Crippen MR) is 72.9 cm³/mol. The summed E-state index contributed by atoms with van der Waals surface area (Å²) in [6.45, 7) is 6.32. The number of likely N-dealkylation sites (N-methyl/N-ethyl adjacent to an activating group) is 1. The number of rotatable bonds is 2. The summed E-state index contributed by atoms with van der Waals surface area (Å²) in [5.41, 5.74) is 1.13. The molecule has 1 N–H and O–H groups in total. The van der Waals surface area contributed by atoms with Crippen LogP contribution in [-0.2, 0) is 4.74 Å². The molecule has 19 heavy (non-hydrogen) atoms. The molecule has 108 valence electrons. The second kappa shape index (κ2) is 5.92. The molecule has 2 rings (SSSR count). The van der Waals surface area contributed by atoms with Gasteiger partial charge in [0.2, 0.25) is 0 Å². The summed E-state index contributed by atoms with van der Waals surface area (Å²) >= 11 is 0. The van der Waals surface area contributed by atoms with Gasteiger partial charge in [0.1, 0.15) is 0 Å². The SMILES string of the molecule is CC(C)COC(=O)N1CC2=CCCN(C)C2C(O)C1. The van der Waals surface area contributed by atoms with Crippen molar-refractivity contribution >= 4 is 6.09 Å². The molecule has 2 heterocycles. The minimum absolute atomic E-state index is 0.0582. The van der Waals surface area contributed by atoms with E-state index in [-0.39, 0.29) is 12.1 Å². The van der Waals surface area contributed by atoms with Crippen molar-refractivity contribution in [2.75, 3.05) is 33.3 Å². The molecule has 5 heteroatoms. The average molecular weight is 268 g/mol. The quantitative estimate of drug-likeness (QED) is 0.762. The van der Waals surface area contributed by atoms with Crippen LogP contribution in [0.3, 0.4) is 0 Å². The van der Waals surface area contributed by atoms with E-state index in [0.29, 0.717) is 25.6 Å². The molecular weight excluding hydrogens is 244 g/mol. The Hall–Kier alpha value is -1.07. The molecule has 1 amide bonds. The van der Waals surface area contributed by atoms with Crippen molar-refractivity contribution < 1.29 is 14.6 Å². The molecule has 0 aromatic carbocycles. The number of ether oxygens (including phenoxy) is 1. The molecule has 0 aliphatic carbocycles. The highest BCUT2D eigenvalue weighted by molar-refractivity contribution is 5.68. The van der Waals surface area contributed by atoms with Crippen molar-refractivity contribution in [1.82, 2.24) is 9.80 Å². The van der Waals surface area contributed by atoms with Crippen molar-refractivity contribution in [3.8, 4) is 0 Å². The first-order chi connectivity index (χ1) is 8.99. The van der Waals surface area contributed by atoms with Gasteiger partial charge in [-0.3, -0.25) is 4.90 Å². The summed E-state index contributed by atoms with van der Waals surface area (Å²) in [4.78, 5) is 15.7. The lowest BCUT2D eigenvalue weighted by Crippen LogP contribution is -2.57. The van der Waals surface area contributed by atoms with Crippen LogP contribution in [-0.4, -0.2) is 66.4 Å². The monoisotopic (exact) mass is 268 g/mol. The molecule has 0 aromatic rings. The molecule has 0 saturated carbocycles. The van der Waals surface area contributed by atoms with Gasteiger partial charge in [0, 0.05) is 13.1 Å². The topological polar surface area (TPSA) is 53.0 Å². The number of fused-ring (bicyclic) bond motifs is 1. The Bertz CT molecular complexity index is 368. The van der Waals surface area contributed by atoms with Gasteiger partial charge in [-0.05, 0) is 25.0 Å². The molecule has 0 bridgehead atoms. The molecule has 1 fully saturated rings. The highest BCUT2D eigenvalue weighted by atomic mass is 16.6. The van der Waals surface area contributed by atoms with Crippen LogP contribution >= 0.6 is 0 Å². The van der Waals surface area contributed by atoms with Crippen LogP contribution in [0, 0.1) is 5.92 Å². The number of aliphatic hydroxyl groups excluding tert-OH is 1. The fourth-order valence-corrected chi connectivity index (χ4v) is 2.77. The van der Waals surface area contributed by atoms with Gasteiger partial charge in [-0.15, -0.1) is 0 Å². The molecule has 2 atom stereocenters. The van der Waals surface area contributed by atoms with E-state index in [1.807, 2.05) is 20.9 Å². The third kappa shape index (κ3) is 3.28. The van der Waals surface area contributed by atoms with Crippen LogP contribution in [0.5, 0.6) is 0 Å². The van der Waals surface area contributed by atoms with Gasteiger partial charge in [0.15, 0.2) is 0 Å². The number of hydrogen-bond donors (Lipinski definition) is 1. The Morgan fingerprint density at radius 1 is 1.58 bits per heavy atom. The Balaban J connectivity index is 1.99. The number of carbonyl (C=O) groups excluding carboxylic acids is 1. The van der Waals surface area contributed by atoms with Crippen LogP contribution in [0.1, 0.15) is 20.3 Å². The molecule has 0 spiro atoms. The van der Waals surface area contributed by atoms with Crippen molar-refractivity contribution in [2.24, 2.45) is 5.92 Å². The van der Waals surface area contributed by atoms with E-state index in [1.54, 1.807) is 4.90 Å². The molecule has 2 aliphatic rings. The number of piperidine rings is 1. The van der Waals surface area contributed by atoms with E-state index in [0.717, 1.165) is 18.5 Å². The Morgan fingerprint density at radius 3 is 3.00 bits per heavy atom. The number of likely N-dealkylation sites (tertiary alicyclic amines) is 1. The predicted octanol–water partition coefficient (Wildman–Crippen LogP) is 1.09. The minimum atomic E-state index is -0.531. The highest BCUT2D eigenvalue weighted by Crippen LogP contribution is 2.25.